The number of hydrogen-bond donors (Lipinski definition) is 2. The molecule has 1 saturated carbocycles. The first-order chi connectivity index (χ1) is 15.1. The third-order valence-electron chi connectivity index (χ3n) is 6.04. The van der Waals surface area contributed by atoms with E-state index in [1.54, 1.807) is 0 Å². The van der Waals surface area contributed by atoms with Gasteiger partial charge in [-0.3, -0.25) is 5.10 Å². The Balaban J connectivity index is 1.50. The van der Waals surface area contributed by atoms with E-state index < -0.39 is 0 Å². The normalized spacial score (nSPS) is 13.7. The third-order valence-corrected chi connectivity index (χ3v) is 6.04. The van der Waals surface area contributed by atoms with E-state index in [1.165, 1.54) is 18.5 Å². The maximum absolute atomic E-state index is 5.60. The largest absolute Gasteiger partial charge is 0.494 e. The molecule has 4 aromatic rings. The predicted octanol–water partition coefficient (Wildman–Crippen LogP) is 4.96. The molecule has 0 saturated heterocycles. The summed E-state index contributed by atoms with van der Waals surface area (Å²) in [6.07, 6.45) is 2.50. The molecule has 1 aromatic carbocycles. The molecule has 3 aromatic heterocycles. The van der Waals surface area contributed by atoms with Gasteiger partial charge in [-0.1, -0.05) is 0 Å². The van der Waals surface area contributed by atoms with Gasteiger partial charge in [0.2, 0.25) is 0 Å². The number of aromatic nitrogens is 5. The van der Waals surface area contributed by atoms with Crippen molar-refractivity contribution in [1.82, 2.24) is 25.0 Å². The zero-order chi connectivity index (χ0) is 21.5. The molecule has 3 heterocycles. The Kier molecular flexibility index (Phi) is 4.88. The van der Waals surface area contributed by atoms with Crippen molar-refractivity contribution in [2.45, 2.75) is 53.0 Å². The van der Waals surface area contributed by atoms with Crippen LogP contribution in [0.5, 0.6) is 5.75 Å². The Morgan fingerprint density at radius 3 is 2.52 bits per heavy atom. The third kappa shape index (κ3) is 3.54. The second kappa shape index (κ2) is 7.72. The van der Waals surface area contributed by atoms with E-state index in [9.17, 15) is 0 Å². The van der Waals surface area contributed by atoms with Crippen LogP contribution in [0.25, 0.3) is 16.5 Å². The molecule has 2 N–H and O–H groups in total. The molecule has 160 valence electrons. The highest BCUT2D eigenvalue weighted by Crippen LogP contribution is 2.39. The highest BCUT2D eigenvalue weighted by atomic mass is 16.5. The van der Waals surface area contributed by atoms with Gasteiger partial charge in [0.15, 0.2) is 5.82 Å². The Morgan fingerprint density at radius 1 is 1.06 bits per heavy atom. The number of aryl methyl sites for hydroxylation is 3. The van der Waals surface area contributed by atoms with Crippen LogP contribution in [0, 0.1) is 20.8 Å². The van der Waals surface area contributed by atoms with Gasteiger partial charge in [0.1, 0.15) is 5.75 Å². The monoisotopic (exact) mass is 416 g/mol. The van der Waals surface area contributed by atoms with Crippen molar-refractivity contribution in [1.29, 1.82) is 0 Å². The number of rotatable bonds is 7. The number of anilines is 1. The van der Waals surface area contributed by atoms with Gasteiger partial charge in [-0.25, -0.2) is 0 Å². The Bertz CT molecular complexity index is 1230. The summed E-state index contributed by atoms with van der Waals surface area (Å²) in [4.78, 5) is 0. The highest BCUT2D eigenvalue weighted by molar-refractivity contribution is 5.98. The van der Waals surface area contributed by atoms with Crippen LogP contribution in [0.15, 0.2) is 30.3 Å². The van der Waals surface area contributed by atoms with Crippen molar-refractivity contribution < 1.29 is 4.74 Å². The molecule has 0 amide bonds. The Morgan fingerprint density at radius 2 is 1.81 bits per heavy atom. The summed E-state index contributed by atoms with van der Waals surface area (Å²) in [5.74, 6) is 2.32. The summed E-state index contributed by atoms with van der Waals surface area (Å²) in [5, 5.41) is 22.3. The molecular weight excluding hydrogens is 388 g/mol. The van der Waals surface area contributed by atoms with Crippen molar-refractivity contribution in [2.24, 2.45) is 0 Å². The van der Waals surface area contributed by atoms with E-state index in [0.29, 0.717) is 19.1 Å². The van der Waals surface area contributed by atoms with Crippen LogP contribution < -0.4 is 10.1 Å². The van der Waals surface area contributed by atoms with Gasteiger partial charge in [-0.2, -0.15) is 10.2 Å². The van der Waals surface area contributed by atoms with E-state index in [2.05, 4.69) is 62.3 Å². The van der Waals surface area contributed by atoms with Crippen LogP contribution in [-0.4, -0.2) is 31.6 Å². The van der Waals surface area contributed by atoms with E-state index >= 15 is 0 Å². The van der Waals surface area contributed by atoms with Crippen LogP contribution in [0.2, 0.25) is 0 Å². The first kappa shape index (κ1) is 19.6. The molecule has 0 unspecified atom stereocenters. The number of benzene rings is 1. The van der Waals surface area contributed by atoms with Gasteiger partial charge in [0.25, 0.3) is 0 Å². The van der Waals surface area contributed by atoms with Gasteiger partial charge in [-0.05, 0) is 70.9 Å². The lowest BCUT2D eigenvalue weighted by atomic mass is 10.1. The first-order valence-corrected chi connectivity index (χ1v) is 10.9. The average Bonchev–Trinajstić information content (AvgIpc) is 3.45. The molecule has 0 spiro atoms. The summed E-state index contributed by atoms with van der Waals surface area (Å²) in [6, 6.07) is 10.4. The van der Waals surface area contributed by atoms with Crippen LogP contribution >= 0.6 is 0 Å². The summed E-state index contributed by atoms with van der Waals surface area (Å²) in [5.41, 5.74) is 6.57. The summed E-state index contributed by atoms with van der Waals surface area (Å²) < 4.78 is 7.87. The fourth-order valence-electron chi connectivity index (χ4n) is 4.40. The topological polar surface area (TPSA) is 80.7 Å². The smallest absolute Gasteiger partial charge is 0.158 e. The van der Waals surface area contributed by atoms with Crippen molar-refractivity contribution in [2.75, 3.05) is 11.9 Å². The lowest BCUT2D eigenvalue weighted by Crippen LogP contribution is -2.04. The molecule has 0 radical (unpaired) electrons. The Labute approximate surface area is 181 Å². The quantitative estimate of drug-likeness (QED) is 0.445. The molecular formula is C24H28N6O. The number of aromatic amines is 1. The van der Waals surface area contributed by atoms with Gasteiger partial charge in [0.05, 0.1) is 30.2 Å². The highest BCUT2D eigenvalue weighted by Gasteiger charge is 2.26. The first-order valence-electron chi connectivity index (χ1n) is 10.9. The van der Waals surface area contributed by atoms with Crippen LogP contribution in [-0.2, 0) is 6.54 Å². The van der Waals surface area contributed by atoms with Crippen molar-refractivity contribution in [3.05, 3.63) is 58.8 Å². The number of nitrogens with zero attached hydrogens (tertiary/aromatic N) is 4. The summed E-state index contributed by atoms with van der Waals surface area (Å²) in [6.45, 7) is 9.59. The molecule has 7 nitrogen and oxygen atoms in total. The molecule has 1 fully saturated rings. The molecule has 0 bridgehead atoms. The fourth-order valence-corrected chi connectivity index (χ4v) is 4.40. The number of hydrogen-bond acceptors (Lipinski definition) is 5. The number of fused-ring (bicyclic) bond motifs is 1. The molecule has 31 heavy (non-hydrogen) atoms. The van der Waals surface area contributed by atoms with Gasteiger partial charge in [0, 0.05) is 33.8 Å². The predicted molar refractivity (Wildman–Crippen MR) is 122 cm³/mol. The summed E-state index contributed by atoms with van der Waals surface area (Å²) in [7, 11) is 0. The number of ether oxygens (including phenoxy) is 1. The lowest BCUT2D eigenvalue weighted by Gasteiger charge is -2.11. The number of H-pyrrole nitrogens is 1. The van der Waals surface area contributed by atoms with Gasteiger partial charge >= 0.3 is 0 Å². The molecule has 0 aliphatic heterocycles. The van der Waals surface area contributed by atoms with E-state index in [4.69, 9.17) is 4.74 Å². The SMILES string of the molecule is CCOc1ccc(-n2c(C)c3c(C)nnc(NCc4cc(C5CC5)n[nH]4)c3c2C)cc1. The van der Waals surface area contributed by atoms with E-state index in [1.807, 2.05) is 26.0 Å². The number of nitrogens with one attached hydrogen (secondary N) is 2. The second-order valence-electron chi connectivity index (χ2n) is 8.26. The molecule has 0 atom stereocenters. The van der Waals surface area contributed by atoms with Crippen molar-refractivity contribution in [3.63, 3.8) is 0 Å². The minimum Gasteiger partial charge on any atom is -0.494 e. The minimum atomic E-state index is 0.638. The van der Waals surface area contributed by atoms with Crippen molar-refractivity contribution in [3.8, 4) is 11.4 Å². The zero-order valence-electron chi connectivity index (χ0n) is 18.5. The van der Waals surface area contributed by atoms with Crippen molar-refractivity contribution >= 4 is 16.6 Å². The maximum Gasteiger partial charge on any atom is 0.158 e. The average molecular weight is 417 g/mol. The molecule has 7 heteroatoms. The molecule has 1 aliphatic rings. The van der Waals surface area contributed by atoms with Crippen LogP contribution in [0.4, 0.5) is 5.82 Å². The van der Waals surface area contributed by atoms with Gasteiger partial charge < -0.3 is 14.6 Å². The summed E-state index contributed by atoms with van der Waals surface area (Å²) >= 11 is 0. The maximum atomic E-state index is 5.60. The lowest BCUT2D eigenvalue weighted by molar-refractivity contribution is 0.340. The minimum absolute atomic E-state index is 0.638. The van der Waals surface area contributed by atoms with Gasteiger partial charge in [-0.15, -0.1) is 5.10 Å². The molecule has 1 aliphatic carbocycles. The fraction of sp³-hybridized carbons (Fsp3) is 0.375. The van der Waals surface area contributed by atoms with E-state index in [-0.39, 0.29) is 0 Å². The van der Waals surface area contributed by atoms with Crippen LogP contribution in [0.3, 0.4) is 0 Å². The Hall–Kier alpha value is -3.35. The van der Waals surface area contributed by atoms with E-state index in [0.717, 1.165) is 50.8 Å². The standard InChI is InChI=1S/C24H28N6O/c1-5-31-20-10-8-19(9-11-20)30-15(3)22-14(2)26-29-24(23(22)16(30)4)25-13-18-12-21(28-27-18)17-6-7-17/h8-12,17H,5-7,13H2,1-4H3,(H,25,29)(H,27,28). The second-order valence-corrected chi connectivity index (χ2v) is 8.26. The molecule has 5 rings (SSSR count). The van der Waals surface area contributed by atoms with Crippen LogP contribution in [0.1, 0.15) is 54.2 Å². The zero-order valence-corrected chi connectivity index (χ0v) is 18.5.